The van der Waals surface area contributed by atoms with Crippen LogP contribution in [0.4, 0.5) is 4.39 Å². The first-order valence-corrected chi connectivity index (χ1v) is 4.30. The normalized spacial score (nSPS) is 35.5. The van der Waals surface area contributed by atoms with E-state index in [1.54, 1.807) is 0 Å². The molecule has 0 aromatic carbocycles. The highest BCUT2D eigenvalue weighted by Crippen LogP contribution is 2.34. The van der Waals surface area contributed by atoms with E-state index in [0.717, 1.165) is 12.3 Å². The lowest BCUT2D eigenvalue weighted by atomic mass is 10.0. The number of amides is 1. The Morgan fingerprint density at radius 3 is 2.87 bits per heavy atom. The number of ether oxygens (including phenoxy) is 1. The highest BCUT2D eigenvalue weighted by atomic mass is 19.1. The minimum absolute atomic E-state index is 0.0509. The molecule has 0 spiro atoms. The van der Waals surface area contributed by atoms with E-state index in [0.29, 0.717) is 0 Å². The van der Waals surface area contributed by atoms with Crippen LogP contribution in [0.2, 0.25) is 0 Å². The molecule has 1 fully saturated rings. The molecular formula is C9H13FN2O3. The fourth-order valence-electron chi connectivity index (χ4n) is 1.20. The SMILES string of the molecule is C=C1O[C@@H](N/C=C\C(N)=O)[C@](C)(F)[C@@H]1O. The molecule has 4 N–H and O–H groups in total. The van der Waals surface area contributed by atoms with Gasteiger partial charge >= 0.3 is 0 Å². The second-order valence-electron chi connectivity index (χ2n) is 3.42. The number of halogens is 1. The minimum atomic E-state index is -2.00. The van der Waals surface area contributed by atoms with Crippen molar-refractivity contribution in [1.82, 2.24) is 5.32 Å². The molecule has 1 saturated heterocycles. The number of nitrogens with two attached hydrogens (primary N) is 1. The van der Waals surface area contributed by atoms with Crippen LogP contribution in [0.15, 0.2) is 24.6 Å². The van der Waals surface area contributed by atoms with Gasteiger partial charge in [0, 0.05) is 12.3 Å². The third-order valence-corrected chi connectivity index (χ3v) is 2.12. The van der Waals surface area contributed by atoms with Crippen LogP contribution in [0, 0.1) is 0 Å². The summed E-state index contributed by atoms with van der Waals surface area (Å²) in [5, 5.41) is 11.8. The first-order valence-electron chi connectivity index (χ1n) is 4.30. The smallest absolute Gasteiger partial charge is 0.242 e. The molecule has 15 heavy (non-hydrogen) atoms. The number of nitrogens with one attached hydrogen (secondary N) is 1. The van der Waals surface area contributed by atoms with Crippen molar-refractivity contribution in [3.05, 3.63) is 24.6 Å². The van der Waals surface area contributed by atoms with Gasteiger partial charge in [0.2, 0.25) is 12.1 Å². The number of hydrogen-bond acceptors (Lipinski definition) is 4. The molecule has 1 aliphatic heterocycles. The molecule has 0 aliphatic carbocycles. The Balaban J connectivity index is 2.64. The van der Waals surface area contributed by atoms with E-state index in [9.17, 15) is 14.3 Å². The molecule has 6 heteroatoms. The van der Waals surface area contributed by atoms with Crippen molar-refractivity contribution in [3.63, 3.8) is 0 Å². The van der Waals surface area contributed by atoms with Gasteiger partial charge < -0.3 is 20.9 Å². The fourth-order valence-corrected chi connectivity index (χ4v) is 1.20. The van der Waals surface area contributed by atoms with Gasteiger partial charge in [0.25, 0.3) is 0 Å². The minimum Gasteiger partial charge on any atom is -0.469 e. The van der Waals surface area contributed by atoms with Crippen LogP contribution in [0.5, 0.6) is 0 Å². The Morgan fingerprint density at radius 1 is 1.87 bits per heavy atom. The molecule has 5 nitrogen and oxygen atoms in total. The van der Waals surface area contributed by atoms with E-state index in [1.807, 2.05) is 0 Å². The van der Waals surface area contributed by atoms with Gasteiger partial charge in [-0.2, -0.15) is 0 Å². The number of primary amides is 1. The second-order valence-corrected chi connectivity index (χ2v) is 3.42. The van der Waals surface area contributed by atoms with Crippen molar-refractivity contribution in [2.45, 2.75) is 24.9 Å². The fraction of sp³-hybridized carbons (Fsp3) is 0.444. The van der Waals surface area contributed by atoms with Crippen LogP contribution in [0.25, 0.3) is 0 Å². The lowest BCUT2D eigenvalue weighted by molar-refractivity contribution is -0.113. The van der Waals surface area contributed by atoms with Crippen molar-refractivity contribution < 1.29 is 19.0 Å². The molecule has 0 radical (unpaired) electrons. The monoisotopic (exact) mass is 216 g/mol. The molecule has 0 unspecified atom stereocenters. The summed E-state index contributed by atoms with van der Waals surface area (Å²) in [6.07, 6.45) is -0.296. The number of aliphatic hydroxyl groups excluding tert-OH is 1. The Bertz CT molecular complexity index is 314. The van der Waals surface area contributed by atoms with Crippen LogP contribution < -0.4 is 11.1 Å². The van der Waals surface area contributed by atoms with Gasteiger partial charge in [-0.3, -0.25) is 4.79 Å². The first-order chi connectivity index (χ1) is 6.85. The van der Waals surface area contributed by atoms with E-state index in [-0.39, 0.29) is 5.76 Å². The molecule has 1 heterocycles. The van der Waals surface area contributed by atoms with E-state index in [1.165, 1.54) is 6.92 Å². The number of hydrogen-bond donors (Lipinski definition) is 3. The number of carbonyl (C=O) groups excluding carboxylic acids is 1. The number of carbonyl (C=O) groups is 1. The van der Waals surface area contributed by atoms with Crippen LogP contribution in [0.3, 0.4) is 0 Å². The van der Waals surface area contributed by atoms with Gasteiger partial charge in [-0.15, -0.1) is 0 Å². The average Bonchev–Trinajstić information content (AvgIpc) is 2.30. The predicted octanol–water partition coefficient (Wildman–Crippen LogP) is -0.466. The van der Waals surface area contributed by atoms with Gasteiger partial charge in [-0.1, -0.05) is 6.58 Å². The van der Waals surface area contributed by atoms with Crippen molar-refractivity contribution >= 4 is 5.91 Å². The molecular weight excluding hydrogens is 203 g/mol. The zero-order chi connectivity index (χ0) is 11.6. The lowest BCUT2D eigenvalue weighted by Crippen LogP contribution is -2.45. The maximum Gasteiger partial charge on any atom is 0.242 e. The summed E-state index contributed by atoms with van der Waals surface area (Å²) < 4.78 is 18.7. The topological polar surface area (TPSA) is 84.6 Å². The van der Waals surface area contributed by atoms with Crippen LogP contribution >= 0.6 is 0 Å². The maximum atomic E-state index is 13.8. The van der Waals surface area contributed by atoms with Gasteiger partial charge in [0.1, 0.15) is 11.9 Å². The van der Waals surface area contributed by atoms with E-state index in [4.69, 9.17) is 10.5 Å². The third kappa shape index (κ3) is 2.27. The summed E-state index contributed by atoms with van der Waals surface area (Å²) in [5.41, 5.74) is 2.83. The van der Waals surface area contributed by atoms with Crippen LogP contribution in [-0.4, -0.2) is 29.0 Å². The second kappa shape index (κ2) is 3.90. The molecule has 0 aromatic rings. The predicted molar refractivity (Wildman–Crippen MR) is 51.0 cm³/mol. The molecule has 1 amide bonds. The molecule has 84 valence electrons. The number of rotatable bonds is 3. The summed E-state index contributed by atoms with van der Waals surface area (Å²) in [7, 11) is 0. The highest BCUT2D eigenvalue weighted by Gasteiger charge is 2.51. The Labute approximate surface area is 86.4 Å². The standard InChI is InChI=1S/C9H13FN2O3/c1-5-7(14)9(2,10)8(15-5)12-4-3-6(11)13/h3-4,7-8,12,14H,1H2,2H3,(H2,11,13)/b4-3-/t7-,8-,9-/m1/s1. The van der Waals surface area contributed by atoms with Crippen molar-refractivity contribution in [2.75, 3.05) is 0 Å². The first kappa shape index (κ1) is 11.5. The number of alkyl halides is 1. The lowest BCUT2D eigenvalue weighted by Gasteiger charge is -2.22. The van der Waals surface area contributed by atoms with E-state index < -0.39 is 23.9 Å². The van der Waals surface area contributed by atoms with Crippen molar-refractivity contribution in [3.8, 4) is 0 Å². The Hall–Kier alpha value is -1.56. The van der Waals surface area contributed by atoms with Crippen LogP contribution in [-0.2, 0) is 9.53 Å². The maximum absolute atomic E-state index is 13.8. The Kier molecular flexibility index (Phi) is 2.99. The average molecular weight is 216 g/mol. The Morgan fingerprint density at radius 2 is 2.47 bits per heavy atom. The van der Waals surface area contributed by atoms with Crippen molar-refractivity contribution in [2.24, 2.45) is 5.73 Å². The zero-order valence-electron chi connectivity index (χ0n) is 8.24. The molecule has 0 aromatic heterocycles. The molecule has 1 aliphatic rings. The van der Waals surface area contributed by atoms with Gasteiger partial charge in [-0.05, 0) is 6.92 Å². The summed E-state index contributed by atoms with van der Waals surface area (Å²) >= 11 is 0. The van der Waals surface area contributed by atoms with Gasteiger partial charge in [-0.25, -0.2) is 4.39 Å². The molecule has 0 bridgehead atoms. The quantitative estimate of drug-likeness (QED) is 0.557. The van der Waals surface area contributed by atoms with E-state index >= 15 is 0 Å². The summed E-state index contributed by atoms with van der Waals surface area (Å²) in [5.74, 6) is -0.717. The van der Waals surface area contributed by atoms with Crippen LogP contribution in [0.1, 0.15) is 6.92 Å². The third-order valence-electron chi connectivity index (χ3n) is 2.12. The summed E-state index contributed by atoms with van der Waals surface area (Å²) in [6, 6.07) is 0. The van der Waals surface area contributed by atoms with E-state index in [2.05, 4.69) is 11.9 Å². The molecule has 0 saturated carbocycles. The largest absolute Gasteiger partial charge is 0.469 e. The van der Waals surface area contributed by atoms with Gasteiger partial charge in [0.05, 0.1) is 0 Å². The van der Waals surface area contributed by atoms with Gasteiger partial charge in [0.15, 0.2) is 5.67 Å². The number of aliphatic hydroxyl groups is 1. The van der Waals surface area contributed by atoms with Crippen molar-refractivity contribution in [1.29, 1.82) is 0 Å². The molecule has 1 rings (SSSR count). The summed E-state index contributed by atoms with van der Waals surface area (Å²) in [6.45, 7) is 4.53. The highest BCUT2D eigenvalue weighted by molar-refractivity contribution is 5.85. The molecule has 3 atom stereocenters. The summed E-state index contributed by atoms with van der Waals surface area (Å²) in [4.78, 5) is 10.4. The zero-order valence-corrected chi connectivity index (χ0v) is 8.24.